The molecule has 9 heteroatoms. The van der Waals surface area contributed by atoms with Crippen LogP contribution in [-0.4, -0.2) is 53.6 Å². The smallest absolute Gasteiger partial charge is 0.318 e. The predicted octanol–water partition coefficient (Wildman–Crippen LogP) is 2.34. The van der Waals surface area contributed by atoms with Crippen LogP contribution >= 0.6 is 11.6 Å². The molecule has 146 valence electrons. The molecule has 2 heterocycles. The first kappa shape index (κ1) is 19.4. The number of carbonyl (C=O) groups excluding carboxylic acids is 2. The molecule has 3 rings (SSSR count). The molecule has 2 saturated heterocycles. The third kappa shape index (κ3) is 4.16. The van der Waals surface area contributed by atoms with Crippen molar-refractivity contribution >= 4 is 35.2 Å². The molecule has 1 aromatic rings. The number of hydrogen-bond donors (Lipinski definition) is 2. The molecule has 0 spiro atoms. The number of nitrogens with zero attached hydrogens (tertiary/aromatic N) is 2. The molecule has 7 nitrogen and oxygen atoms in total. The first-order chi connectivity index (χ1) is 12.8. The van der Waals surface area contributed by atoms with Gasteiger partial charge >= 0.3 is 12.0 Å². The average Bonchev–Trinajstić information content (AvgIpc) is 2.97. The third-order valence-corrected chi connectivity index (χ3v) is 5.32. The molecule has 3 unspecified atom stereocenters. The fourth-order valence-corrected chi connectivity index (χ4v) is 3.78. The van der Waals surface area contributed by atoms with Crippen LogP contribution in [0, 0.1) is 17.7 Å². The Kier molecular flexibility index (Phi) is 5.55. The number of aliphatic carboxylic acids is 1. The Morgan fingerprint density at radius 2 is 2.07 bits per heavy atom. The van der Waals surface area contributed by atoms with Crippen LogP contribution in [0.1, 0.15) is 19.8 Å². The number of halogens is 2. The highest BCUT2D eigenvalue weighted by atomic mass is 35.5. The van der Waals surface area contributed by atoms with E-state index in [4.69, 9.17) is 11.6 Å². The Morgan fingerprint density at radius 1 is 1.33 bits per heavy atom. The van der Waals surface area contributed by atoms with Crippen LogP contribution in [0.4, 0.5) is 14.9 Å². The van der Waals surface area contributed by atoms with Crippen LogP contribution in [0.15, 0.2) is 18.2 Å². The van der Waals surface area contributed by atoms with Gasteiger partial charge in [0.25, 0.3) is 0 Å². The quantitative estimate of drug-likeness (QED) is 0.819. The number of carboxylic acids is 1. The van der Waals surface area contributed by atoms with Gasteiger partial charge in [-0.1, -0.05) is 18.5 Å². The third-order valence-electron chi connectivity index (χ3n) is 5.01. The van der Waals surface area contributed by atoms with Crippen molar-refractivity contribution < 1.29 is 23.9 Å². The molecule has 3 atom stereocenters. The van der Waals surface area contributed by atoms with Crippen LogP contribution < -0.4 is 10.2 Å². The Bertz CT molecular complexity index is 775. The van der Waals surface area contributed by atoms with E-state index in [9.17, 15) is 23.9 Å². The molecule has 0 bridgehead atoms. The summed E-state index contributed by atoms with van der Waals surface area (Å²) in [6.07, 6.45) is 0.915. The van der Waals surface area contributed by atoms with Crippen LogP contribution in [-0.2, 0) is 9.59 Å². The molecule has 2 aliphatic heterocycles. The second kappa shape index (κ2) is 7.72. The van der Waals surface area contributed by atoms with E-state index in [0.29, 0.717) is 31.6 Å². The second-order valence-corrected chi connectivity index (χ2v) is 7.57. The summed E-state index contributed by atoms with van der Waals surface area (Å²) in [5.74, 6) is -2.40. The fraction of sp³-hybridized carbons (Fsp3) is 0.500. The van der Waals surface area contributed by atoms with Crippen LogP contribution in [0.3, 0.4) is 0 Å². The molecule has 2 aliphatic rings. The molecule has 0 aliphatic carbocycles. The highest BCUT2D eigenvalue weighted by molar-refractivity contribution is 6.30. The molecule has 3 amide bonds. The maximum Gasteiger partial charge on any atom is 0.318 e. The van der Waals surface area contributed by atoms with Gasteiger partial charge in [0, 0.05) is 25.3 Å². The highest BCUT2D eigenvalue weighted by Gasteiger charge is 2.37. The first-order valence-corrected chi connectivity index (χ1v) is 9.18. The Morgan fingerprint density at radius 3 is 2.74 bits per heavy atom. The lowest BCUT2D eigenvalue weighted by Gasteiger charge is -2.35. The van der Waals surface area contributed by atoms with Gasteiger partial charge in [0.15, 0.2) is 0 Å². The van der Waals surface area contributed by atoms with E-state index in [0.717, 1.165) is 0 Å². The van der Waals surface area contributed by atoms with Gasteiger partial charge in [0.05, 0.1) is 10.9 Å². The van der Waals surface area contributed by atoms with E-state index in [-0.39, 0.29) is 23.4 Å². The standard InChI is InChI=1S/C18H21ClFN3O4/c1-10-6-11(17(25)26)9-22(8-10)18(27)21-15-4-5-23(16(15)24)12-2-3-13(19)14(20)7-12/h2-3,7,10-11,15H,4-6,8-9H2,1H3,(H,21,27)(H,25,26). The van der Waals surface area contributed by atoms with Gasteiger partial charge in [-0.3, -0.25) is 9.59 Å². The zero-order chi connectivity index (χ0) is 19.7. The number of hydrogen-bond acceptors (Lipinski definition) is 3. The van der Waals surface area contributed by atoms with E-state index >= 15 is 0 Å². The number of carboxylic acid groups (broad SMARTS) is 1. The molecule has 2 N–H and O–H groups in total. The van der Waals surface area contributed by atoms with Crippen molar-refractivity contribution in [3.8, 4) is 0 Å². The zero-order valence-electron chi connectivity index (χ0n) is 14.8. The predicted molar refractivity (Wildman–Crippen MR) is 97.2 cm³/mol. The Labute approximate surface area is 161 Å². The van der Waals surface area contributed by atoms with Crippen LogP contribution in [0.2, 0.25) is 5.02 Å². The van der Waals surface area contributed by atoms with E-state index < -0.39 is 29.8 Å². The van der Waals surface area contributed by atoms with Gasteiger partial charge in [-0.2, -0.15) is 0 Å². The number of benzene rings is 1. The number of carbonyl (C=O) groups is 3. The zero-order valence-corrected chi connectivity index (χ0v) is 15.6. The number of anilines is 1. The molecule has 0 radical (unpaired) electrons. The topological polar surface area (TPSA) is 89.9 Å². The number of rotatable bonds is 3. The molecular formula is C18H21ClFN3O4. The summed E-state index contributed by atoms with van der Waals surface area (Å²) in [6, 6.07) is 2.95. The number of likely N-dealkylation sites (tertiary alicyclic amines) is 1. The fourth-order valence-electron chi connectivity index (χ4n) is 3.66. The van der Waals surface area contributed by atoms with Crippen molar-refractivity contribution in [2.75, 3.05) is 24.5 Å². The average molecular weight is 398 g/mol. The summed E-state index contributed by atoms with van der Waals surface area (Å²) in [4.78, 5) is 39.2. The maximum atomic E-state index is 13.7. The summed E-state index contributed by atoms with van der Waals surface area (Å²) in [7, 11) is 0. The summed E-state index contributed by atoms with van der Waals surface area (Å²) in [5.41, 5.74) is 0.385. The minimum Gasteiger partial charge on any atom is -0.481 e. The van der Waals surface area contributed by atoms with Crippen molar-refractivity contribution in [3.63, 3.8) is 0 Å². The lowest BCUT2D eigenvalue weighted by molar-refractivity contribution is -0.143. The second-order valence-electron chi connectivity index (χ2n) is 7.16. The van der Waals surface area contributed by atoms with E-state index in [2.05, 4.69) is 5.32 Å². The number of piperidine rings is 1. The van der Waals surface area contributed by atoms with Crippen LogP contribution in [0.25, 0.3) is 0 Å². The molecule has 0 aromatic heterocycles. The van der Waals surface area contributed by atoms with Gasteiger partial charge in [-0.15, -0.1) is 0 Å². The summed E-state index contributed by atoms with van der Waals surface area (Å²) < 4.78 is 13.7. The van der Waals surface area contributed by atoms with Crippen molar-refractivity contribution in [2.45, 2.75) is 25.8 Å². The lowest BCUT2D eigenvalue weighted by atomic mass is 9.91. The highest BCUT2D eigenvalue weighted by Crippen LogP contribution is 2.26. The van der Waals surface area contributed by atoms with Gasteiger partial charge in [0.1, 0.15) is 11.9 Å². The van der Waals surface area contributed by atoms with Gasteiger partial charge < -0.3 is 20.2 Å². The lowest BCUT2D eigenvalue weighted by Crippen LogP contribution is -2.53. The largest absolute Gasteiger partial charge is 0.481 e. The SMILES string of the molecule is CC1CC(C(=O)O)CN(C(=O)NC2CCN(c3ccc(Cl)c(F)c3)C2=O)C1. The minimum absolute atomic E-state index is 0.0255. The molecule has 27 heavy (non-hydrogen) atoms. The number of nitrogens with one attached hydrogen (secondary N) is 1. The normalized spacial score (nSPS) is 25.6. The molecule has 0 saturated carbocycles. The maximum absolute atomic E-state index is 13.7. The van der Waals surface area contributed by atoms with Gasteiger partial charge in [0.2, 0.25) is 5.91 Å². The monoisotopic (exact) mass is 397 g/mol. The Balaban J connectivity index is 1.64. The van der Waals surface area contributed by atoms with Crippen molar-refractivity contribution in [3.05, 3.63) is 29.0 Å². The molecule has 2 fully saturated rings. The van der Waals surface area contributed by atoms with E-state index in [1.807, 2.05) is 6.92 Å². The molecule has 1 aromatic carbocycles. The van der Waals surface area contributed by atoms with Crippen molar-refractivity contribution in [1.82, 2.24) is 10.2 Å². The van der Waals surface area contributed by atoms with Gasteiger partial charge in [-0.05, 0) is 37.0 Å². The summed E-state index contributed by atoms with van der Waals surface area (Å²) >= 11 is 5.67. The van der Waals surface area contributed by atoms with Crippen molar-refractivity contribution in [1.29, 1.82) is 0 Å². The van der Waals surface area contributed by atoms with Crippen LogP contribution in [0.5, 0.6) is 0 Å². The number of urea groups is 1. The first-order valence-electron chi connectivity index (χ1n) is 8.81. The minimum atomic E-state index is -0.924. The Hall–Kier alpha value is -2.35. The van der Waals surface area contributed by atoms with E-state index in [1.54, 1.807) is 6.07 Å². The van der Waals surface area contributed by atoms with Crippen molar-refractivity contribution in [2.24, 2.45) is 11.8 Å². The van der Waals surface area contributed by atoms with E-state index in [1.165, 1.54) is 21.9 Å². The molecular weight excluding hydrogens is 377 g/mol. The summed E-state index contributed by atoms with van der Waals surface area (Å²) in [6.45, 7) is 2.81. The summed E-state index contributed by atoms with van der Waals surface area (Å²) in [5, 5.41) is 11.9. The number of amides is 3. The van der Waals surface area contributed by atoms with Gasteiger partial charge in [-0.25, -0.2) is 9.18 Å².